The Labute approximate surface area is 252 Å². The van der Waals surface area contributed by atoms with Crippen LogP contribution in [-0.4, -0.2) is 9.97 Å². The maximum absolute atomic E-state index is 4.75. The molecule has 200 valence electrons. The van der Waals surface area contributed by atoms with Crippen LogP contribution in [0.2, 0.25) is 0 Å². The van der Waals surface area contributed by atoms with Gasteiger partial charge in [-0.3, -0.25) is 9.97 Å². The third-order valence-corrected chi connectivity index (χ3v) is 9.74. The van der Waals surface area contributed by atoms with Crippen molar-refractivity contribution in [1.82, 2.24) is 9.97 Å². The van der Waals surface area contributed by atoms with Crippen LogP contribution in [0.15, 0.2) is 146 Å². The molecule has 3 heteroatoms. The fourth-order valence-electron chi connectivity index (χ4n) is 6.63. The topological polar surface area (TPSA) is 25.8 Å². The minimum absolute atomic E-state index is 0.942. The Kier molecular flexibility index (Phi) is 5.40. The predicted molar refractivity (Wildman–Crippen MR) is 184 cm³/mol. The number of hydrogen-bond donors (Lipinski definition) is 0. The van der Waals surface area contributed by atoms with Crippen LogP contribution < -0.4 is 0 Å². The van der Waals surface area contributed by atoms with Crippen molar-refractivity contribution in [3.63, 3.8) is 0 Å². The smallest absolute Gasteiger partial charge is 0.0971 e. The molecule has 0 radical (unpaired) electrons. The van der Waals surface area contributed by atoms with Gasteiger partial charge in [-0.2, -0.15) is 0 Å². The molecule has 0 atom stereocenters. The van der Waals surface area contributed by atoms with E-state index >= 15 is 0 Å². The number of benzene rings is 7. The van der Waals surface area contributed by atoms with E-state index in [1.807, 2.05) is 11.3 Å². The molecule has 0 unspecified atom stereocenters. The van der Waals surface area contributed by atoms with Gasteiger partial charge in [0.25, 0.3) is 0 Å². The number of thiophene rings is 1. The fourth-order valence-corrected chi connectivity index (χ4v) is 7.72. The minimum Gasteiger partial charge on any atom is -0.252 e. The summed E-state index contributed by atoms with van der Waals surface area (Å²) in [6.45, 7) is 0. The van der Waals surface area contributed by atoms with Crippen LogP contribution >= 0.6 is 11.3 Å². The van der Waals surface area contributed by atoms with Gasteiger partial charge < -0.3 is 0 Å². The van der Waals surface area contributed by atoms with Crippen LogP contribution in [0.1, 0.15) is 0 Å². The molecule has 0 spiro atoms. The summed E-state index contributed by atoms with van der Waals surface area (Å²) >= 11 is 1.86. The molecule has 0 saturated heterocycles. The van der Waals surface area contributed by atoms with Crippen molar-refractivity contribution < 1.29 is 0 Å². The van der Waals surface area contributed by atoms with Gasteiger partial charge in [0.1, 0.15) is 0 Å². The van der Waals surface area contributed by atoms with E-state index in [1.165, 1.54) is 64.3 Å². The van der Waals surface area contributed by atoms with E-state index < -0.39 is 0 Å². The number of fused-ring (bicyclic) bond motifs is 9. The highest BCUT2D eigenvalue weighted by molar-refractivity contribution is 7.25. The maximum Gasteiger partial charge on any atom is 0.0971 e. The molecule has 0 aliphatic rings. The van der Waals surface area contributed by atoms with Gasteiger partial charge in [-0.05, 0) is 68.4 Å². The zero-order valence-corrected chi connectivity index (χ0v) is 24.0. The van der Waals surface area contributed by atoms with E-state index in [-0.39, 0.29) is 0 Å². The summed E-state index contributed by atoms with van der Waals surface area (Å²) in [4.78, 5) is 9.45. The maximum atomic E-state index is 4.75. The Morgan fingerprint density at radius 2 is 0.837 bits per heavy atom. The highest BCUT2D eigenvalue weighted by atomic mass is 32.1. The van der Waals surface area contributed by atoms with Gasteiger partial charge in [0.15, 0.2) is 0 Å². The van der Waals surface area contributed by atoms with Gasteiger partial charge in [-0.15, -0.1) is 11.3 Å². The normalized spacial score (nSPS) is 11.7. The summed E-state index contributed by atoms with van der Waals surface area (Å²) in [6.07, 6.45) is 3.56. The van der Waals surface area contributed by atoms with E-state index in [2.05, 4.69) is 133 Å². The van der Waals surface area contributed by atoms with Crippen molar-refractivity contribution >= 4 is 64.1 Å². The Hall–Kier alpha value is -5.38. The lowest BCUT2D eigenvalue weighted by Gasteiger charge is -2.16. The second-order valence-electron chi connectivity index (χ2n) is 11.0. The number of rotatable bonds is 3. The summed E-state index contributed by atoms with van der Waals surface area (Å²) in [5.74, 6) is 0. The van der Waals surface area contributed by atoms with Crippen LogP contribution in [0.4, 0.5) is 0 Å². The largest absolute Gasteiger partial charge is 0.252 e. The number of hydrogen-bond acceptors (Lipinski definition) is 3. The molecule has 0 N–H and O–H groups in total. The molecule has 43 heavy (non-hydrogen) atoms. The number of nitrogens with zero attached hydrogens (tertiary/aromatic N) is 2. The quantitative estimate of drug-likeness (QED) is 0.199. The zero-order valence-electron chi connectivity index (χ0n) is 23.2. The molecule has 2 nitrogen and oxygen atoms in total. The molecule has 2 aromatic heterocycles. The first-order valence-corrected chi connectivity index (χ1v) is 15.3. The summed E-state index contributed by atoms with van der Waals surface area (Å²) in [7, 11) is 0. The molecule has 0 saturated carbocycles. The van der Waals surface area contributed by atoms with Crippen LogP contribution in [0.3, 0.4) is 0 Å². The van der Waals surface area contributed by atoms with Crippen molar-refractivity contribution in [1.29, 1.82) is 0 Å². The lowest BCUT2D eigenvalue weighted by molar-refractivity contribution is 1.31. The van der Waals surface area contributed by atoms with E-state index in [0.29, 0.717) is 0 Å². The highest BCUT2D eigenvalue weighted by Gasteiger charge is 2.16. The molecule has 0 amide bonds. The Morgan fingerprint density at radius 1 is 0.349 bits per heavy atom. The Morgan fingerprint density at radius 3 is 1.53 bits per heavy atom. The standard InChI is InChI=1S/C40H24N2S/c1-3-11-29(30-12-4-2-10-28(30)26-18-20-38-36(24-26)32-14-7-8-16-37(32)43-38)27(9-1)25-17-19-34-35(23-25)31-13-5-6-15-33(31)39-40(34)42-22-21-41-39/h1-24H. The molecule has 0 fully saturated rings. The van der Waals surface area contributed by atoms with Crippen molar-refractivity contribution in [2.24, 2.45) is 0 Å². The Balaban J connectivity index is 1.26. The lowest BCUT2D eigenvalue weighted by Crippen LogP contribution is -1.91. The van der Waals surface area contributed by atoms with Gasteiger partial charge in [-0.1, -0.05) is 109 Å². The molecule has 7 aromatic carbocycles. The SMILES string of the molecule is c1ccc(-c2ccccc2-c2ccc3c(c2)c2ccccc2c2nccnc32)c(-c2ccc3sc4ccccc4c3c2)c1. The van der Waals surface area contributed by atoms with E-state index in [9.17, 15) is 0 Å². The third-order valence-electron chi connectivity index (χ3n) is 8.59. The Bertz CT molecular complexity index is 2490. The molecule has 0 aliphatic heterocycles. The van der Waals surface area contributed by atoms with Crippen LogP contribution in [0.5, 0.6) is 0 Å². The molecule has 0 bridgehead atoms. The van der Waals surface area contributed by atoms with Crippen molar-refractivity contribution in [3.05, 3.63) is 146 Å². The summed E-state index contributed by atoms with van der Waals surface area (Å²) < 4.78 is 2.65. The van der Waals surface area contributed by atoms with Gasteiger partial charge in [0, 0.05) is 43.3 Å². The average Bonchev–Trinajstić information content (AvgIpc) is 3.46. The predicted octanol–water partition coefficient (Wildman–Crippen LogP) is 11.3. The molecule has 9 rings (SSSR count). The van der Waals surface area contributed by atoms with Gasteiger partial charge in [0.2, 0.25) is 0 Å². The molecule has 0 aliphatic carbocycles. The first-order chi connectivity index (χ1) is 21.3. The van der Waals surface area contributed by atoms with Gasteiger partial charge >= 0.3 is 0 Å². The summed E-state index contributed by atoms with van der Waals surface area (Å²) in [5.41, 5.74) is 9.20. The average molecular weight is 565 g/mol. The third kappa shape index (κ3) is 3.79. The number of aromatic nitrogens is 2. The van der Waals surface area contributed by atoms with E-state index in [1.54, 1.807) is 12.4 Å². The van der Waals surface area contributed by atoms with Crippen LogP contribution in [0.25, 0.3) is 86.1 Å². The molecule has 9 aromatic rings. The van der Waals surface area contributed by atoms with Crippen molar-refractivity contribution in [2.75, 3.05) is 0 Å². The second-order valence-corrected chi connectivity index (χ2v) is 12.0. The van der Waals surface area contributed by atoms with E-state index in [0.717, 1.165) is 21.8 Å². The zero-order chi connectivity index (χ0) is 28.3. The summed E-state index contributed by atoms with van der Waals surface area (Å²) in [6, 6.07) is 48.5. The minimum atomic E-state index is 0.942. The molecular formula is C40H24N2S. The van der Waals surface area contributed by atoms with Crippen LogP contribution in [-0.2, 0) is 0 Å². The van der Waals surface area contributed by atoms with Gasteiger partial charge in [-0.25, -0.2) is 0 Å². The van der Waals surface area contributed by atoms with E-state index in [4.69, 9.17) is 9.97 Å². The molecule has 2 heterocycles. The second kappa shape index (κ2) is 9.59. The first-order valence-electron chi connectivity index (χ1n) is 14.5. The van der Waals surface area contributed by atoms with Gasteiger partial charge in [0.05, 0.1) is 11.0 Å². The van der Waals surface area contributed by atoms with Crippen molar-refractivity contribution in [2.45, 2.75) is 0 Å². The fraction of sp³-hybridized carbons (Fsp3) is 0. The van der Waals surface area contributed by atoms with Crippen molar-refractivity contribution in [3.8, 4) is 33.4 Å². The van der Waals surface area contributed by atoms with Crippen LogP contribution in [0, 0.1) is 0 Å². The molecular weight excluding hydrogens is 541 g/mol. The lowest BCUT2D eigenvalue weighted by atomic mass is 9.88. The monoisotopic (exact) mass is 564 g/mol. The highest BCUT2D eigenvalue weighted by Crippen LogP contribution is 2.42. The first kappa shape index (κ1) is 24.2. The summed E-state index contributed by atoms with van der Waals surface area (Å²) in [5, 5.41) is 7.28.